The van der Waals surface area contributed by atoms with Gasteiger partial charge in [-0.3, -0.25) is 14.5 Å². The van der Waals surface area contributed by atoms with Crippen molar-refractivity contribution in [2.24, 2.45) is 0 Å². The highest BCUT2D eigenvalue weighted by atomic mass is 16.2. The third-order valence-electron chi connectivity index (χ3n) is 4.72. The molecule has 7 heteroatoms. The Hall–Kier alpha value is -1.63. The van der Waals surface area contributed by atoms with Crippen molar-refractivity contribution in [1.82, 2.24) is 20.4 Å². The van der Waals surface area contributed by atoms with Gasteiger partial charge in [0.15, 0.2) is 0 Å². The van der Waals surface area contributed by atoms with Crippen LogP contribution in [0.4, 0.5) is 4.79 Å². The lowest BCUT2D eigenvalue weighted by atomic mass is 9.98. The number of hydrogen-bond acceptors (Lipinski definition) is 4. The normalized spacial score (nSPS) is 28.3. The SMILES string of the molecule is CC1CN(C(=O)CN2C(=O)NC3(CCCC3)C2=O)CCN1. The Morgan fingerprint density at radius 2 is 2.05 bits per heavy atom. The third kappa shape index (κ3) is 2.50. The van der Waals surface area contributed by atoms with Crippen LogP contribution in [0.5, 0.6) is 0 Å². The molecule has 0 radical (unpaired) electrons. The second kappa shape index (κ2) is 5.29. The van der Waals surface area contributed by atoms with Crippen LogP contribution >= 0.6 is 0 Å². The van der Waals surface area contributed by atoms with Gasteiger partial charge in [0.25, 0.3) is 5.91 Å². The summed E-state index contributed by atoms with van der Waals surface area (Å²) in [5, 5.41) is 6.06. The van der Waals surface area contributed by atoms with Crippen LogP contribution in [0.3, 0.4) is 0 Å². The average molecular weight is 294 g/mol. The summed E-state index contributed by atoms with van der Waals surface area (Å²) in [5.74, 6) is -0.372. The number of hydrogen-bond donors (Lipinski definition) is 2. The highest BCUT2D eigenvalue weighted by Gasteiger charge is 2.52. The van der Waals surface area contributed by atoms with Gasteiger partial charge in [0.1, 0.15) is 12.1 Å². The molecule has 0 aromatic carbocycles. The zero-order chi connectivity index (χ0) is 15.0. The van der Waals surface area contributed by atoms with Crippen molar-refractivity contribution in [3.05, 3.63) is 0 Å². The molecule has 2 saturated heterocycles. The minimum absolute atomic E-state index is 0.140. The van der Waals surface area contributed by atoms with Crippen molar-refractivity contribution in [3.63, 3.8) is 0 Å². The van der Waals surface area contributed by atoms with Crippen LogP contribution < -0.4 is 10.6 Å². The summed E-state index contributed by atoms with van der Waals surface area (Å²) in [7, 11) is 0. The topological polar surface area (TPSA) is 81.8 Å². The molecule has 0 aromatic heterocycles. The van der Waals surface area contributed by atoms with E-state index >= 15 is 0 Å². The number of nitrogens with zero attached hydrogens (tertiary/aromatic N) is 2. The lowest BCUT2D eigenvalue weighted by Crippen LogP contribution is -2.54. The number of rotatable bonds is 2. The predicted molar refractivity (Wildman–Crippen MR) is 75.5 cm³/mol. The summed E-state index contributed by atoms with van der Waals surface area (Å²) in [4.78, 5) is 39.7. The molecule has 3 rings (SSSR count). The lowest BCUT2D eigenvalue weighted by molar-refractivity contribution is -0.139. The molecule has 0 aromatic rings. The van der Waals surface area contributed by atoms with Crippen molar-refractivity contribution < 1.29 is 14.4 Å². The Bertz CT molecular complexity index is 473. The van der Waals surface area contributed by atoms with Crippen LogP contribution in [-0.4, -0.2) is 65.4 Å². The first-order valence-electron chi connectivity index (χ1n) is 7.67. The van der Waals surface area contributed by atoms with Crippen molar-refractivity contribution in [1.29, 1.82) is 0 Å². The first-order chi connectivity index (χ1) is 10.0. The average Bonchev–Trinajstić information content (AvgIpc) is 3.00. The quantitative estimate of drug-likeness (QED) is 0.683. The number of amides is 4. The van der Waals surface area contributed by atoms with Gasteiger partial charge in [0.05, 0.1) is 0 Å². The van der Waals surface area contributed by atoms with E-state index in [4.69, 9.17) is 0 Å². The molecule has 2 N–H and O–H groups in total. The molecule has 116 valence electrons. The number of carbonyl (C=O) groups is 3. The fourth-order valence-electron chi connectivity index (χ4n) is 3.53. The first kappa shape index (κ1) is 14.3. The van der Waals surface area contributed by atoms with Crippen molar-refractivity contribution in [2.45, 2.75) is 44.2 Å². The van der Waals surface area contributed by atoms with Crippen molar-refractivity contribution in [3.8, 4) is 0 Å². The van der Waals surface area contributed by atoms with E-state index in [0.29, 0.717) is 25.9 Å². The summed E-state index contributed by atoms with van der Waals surface area (Å²) < 4.78 is 0. The molecule has 21 heavy (non-hydrogen) atoms. The molecule has 3 aliphatic rings. The monoisotopic (exact) mass is 294 g/mol. The van der Waals surface area contributed by atoms with Crippen LogP contribution in [-0.2, 0) is 9.59 Å². The van der Waals surface area contributed by atoms with Crippen LogP contribution in [0.1, 0.15) is 32.6 Å². The molecule has 3 fully saturated rings. The molecule has 1 unspecified atom stereocenters. The maximum absolute atomic E-state index is 12.5. The lowest BCUT2D eigenvalue weighted by Gasteiger charge is -2.32. The van der Waals surface area contributed by atoms with Gasteiger partial charge >= 0.3 is 6.03 Å². The van der Waals surface area contributed by atoms with Gasteiger partial charge in [-0.05, 0) is 19.8 Å². The van der Waals surface area contributed by atoms with Crippen molar-refractivity contribution >= 4 is 17.8 Å². The zero-order valence-electron chi connectivity index (χ0n) is 12.4. The first-order valence-corrected chi connectivity index (χ1v) is 7.67. The van der Waals surface area contributed by atoms with Gasteiger partial charge in [-0.2, -0.15) is 0 Å². The Morgan fingerprint density at radius 3 is 2.71 bits per heavy atom. The second-order valence-electron chi connectivity index (χ2n) is 6.31. The standard InChI is InChI=1S/C14H22N4O3/c1-10-8-17(7-6-15-10)11(19)9-18-12(20)14(16-13(18)21)4-2-3-5-14/h10,15H,2-9H2,1H3,(H,16,21). The molecular formula is C14H22N4O3. The highest BCUT2D eigenvalue weighted by molar-refractivity contribution is 6.09. The Labute approximate surface area is 124 Å². The molecule has 1 spiro atoms. The number of piperazine rings is 1. The maximum atomic E-state index is 12.5. The summed E-state index contributed by atoms with van der Waals surface area (Å²) in [6, 6.07) is -0.176. The van der Waals surface area contributed by atoms with Crippen LogP contribution in [0.2, 0.25) is 0 Å². The smallest absolute Gasteiger partial charge is 0.325 e. The number of nitrogens with one attached hydrogen (secondary N) is 2. The zero-order valence-corrected chi connectivity index (χ0v) is 12.4. The number of carbonyl (C=O) groups excluding carboxylic acids is 3. The summed E-state index contributed by atoms with van der Waals surface area (Å²) in [6.45, 7) is 3.86. The van der Waals surface area contributed by atoms with E-state index in [2.05, 4.69) is 10.6 Å². The fourth-order valence-corrected chi connectivity index (χ4v) is 3.53. The molecule has 7 nitrogen and oxygen atoms in total. The van der Waals surface area contributed by atoms with Crippen LogP contribution in [0, 0.1) is 0 Å². The molecule has 1 atom stereocenters. The number of urea groups is 1. The van der Waals surface area contributed by atoms with Gasteiger partial charge < -0.3 is 15.5 Å². The van der Waals surface area contributed by atoms with Crippen LogP contribution in [0.25, 0.3) is 0 Å². The summed E-state index contributed by atoms with van der Waals surface area (Å²) in [5.41, 5.74) is -0.728. The molecular weight excluding hydrogens is 272 g/mol. The minimum atomic E-state index is -0.728. The summed E-state index contributed by atoms with van der Waals surface area (Å²) in [6.07, 6.45) is 3.27. The molecule has 1 saturated carbocycles. The van der Waals surface area contributed by atoms with Crippen LogP contribution in [0.15, 0.2) is 0 Å². The van der Waals surface area contributed by atoms with Gasteiger partial charge in [-0.25, -0.2) is 4.79 Å². The summed E-state index contributed by atoms with van der Waals surface area (Å²) >= 11 is 0. The number of imide groups is 1. The fraction of sp³-hybridized carbons (Fsp3) is 0.786. The van der Waals surface area contributed by atoms with E-state index in [1.165, 1.54) is 0 Å². The highest BCUT2D eigenvalue weighted by Crippen LogP contribution is 2.34. The van der Waals surface area contributed by atoms with E-state index in [0.717, 1.165) is 24.3 Å². The van der Waals surface area contributed by atoms with E-state index in [1.807, 2.05) is 6.92 Å². The largest absolute Gasteiger partial charge is 0.338 e. The Morgan fingerprint density at radius 1 is 1.33 bits per heavy atom. The molecule has 1 aliphatic carbocycles. The van der Waals surface area contributed by atoms with E-state index in [9.17, 15) is 14.4 Å². The van der Waals surface area contributed by atoms with Crippen molar-refractivity contribution in [2.75, 3.05) is 26.2 Å². The third-order valence-corrected chi connectivity index (χ3v) is 4.72. The minimum Gasteiger partial charge on any atom is -0.338 e. The molecule has 0 bridgehead atoms. The van der Waals surface area contributed by atoms with E-state index in [1.54, 1.807) is 4.90 Å². The van der Waals surface area contributed by atoms with Gasteiger partial charge in [0, 0.05) is 25.7 Å². The Balaban J connectivity index is 1.65. The Kier molecular flexibility index (Phi) is 3.61. The maximum Gasteiger partial charge on any atom is 0.325 e. The van der Waals surface area contributed by atoms with Gasteiger partial charge in [0.2, 0.25) is 5.91 Å². The van der Waals surface area contributed by atoms with Gasteiger partial charge in [-0.1, -0.05) is 12.8 Å². The molecule has 4 amide bonds. The van der Waals surface area contributed by atoms with Gasteiger partial charge in [-0.15, -0.1) is 0 Å². The second-order valence-corrected chi connectivity index (χ2v) is 6.31. The molecule has 2 heterocycles. The predicted octanol–water partition coefficient (Wildman–Crippen LogP) is -0.329. The van der Waals surface area contributed by atoms with E-state index < -0.39 is 11.6 Å². The van der Waals surface area contributed by atoms with E-state index in [-0.39, 0.29) is 24.4 Å². The molecule has 2 aliphatic heterocycles.